The Balaban J connectivity index is 1.72. The molecule has 27 heavy (non-hydrogen) atoms. The van der Waals surface area contributed by atoms with Gasteiger partial charge in [-0.1, -0.05) is 6.07 Å². The second-order valence-corrected chi connectivity index (χ2v) is 5.59. The molecule has 2 N–H and O–H groups in total. The van der Waals surface area contributed by atoms with Crippen molar-refractivity contribution in [3.8, 4) is 11.4 Å². The third-order valence-corrected chi connectivity index (χ3v) is 3.87. The predicted molar refractivity (Wildman–Crippen MR) is 101 cm³/mol. The normalized spacial score (nSPS) is 10.7. The molecule has 1 aromatic heterocycles. The molecule has 3 aromatic rings. The molecular formula is C20H17N3O4. The molecule has 0 aliphatic carbocycles. The SMILES string of the molecule is COc1cccc(C(=O)NN=Cc2cccn2-c2ccc(C(=O)O)cc2)c1. The highest BCUT2D eigenvalue weighted by Crippen LogP contribution is 2.14. The molecule has 7 nitrogen and oxygen atoms in total. The van der Waals surface area contributed by atoms with Crippen molar-refractivity contribution in [1.82, 2.24) is 9.99 Å². The van der Waals surface area contributed by atoms with Crippen LogP contribution in [0.1, 0.15) is 26.4 Å². The molecule has 0 saturated heterocycles. The van der Waals surface area contributed by atoms with Crippen molar-refractivity contribution in [2.24, 2.45) is 5.10 Å². The van der Waals surface area contributed by atoms with Gasteiger partial charge in [-0.2, -0.15) is 5.10 Å². The van der Waals surface area contributed by atoms with E-state index in [4.69, 9.17) is 9.84 Å². The van der Waals surface area contributed by atoms with Crippen molar-refractivity contribution in [1.29, 1.82) is 0 Å². The number of carbonyl (C=O) groups is 2. The molecule has 2 aromatic carbocycles. The first kappa shape index (κ1) is 17.9. The van der Waals surface area contributed by atoms with Gasteiger partial charge >= 0.3 is 5.97 Å². The molecule has 0 radical (unpaired) electrons. The Morgan fingerprint density at radius 1 is 1.07 bits per heavy atom. The van der Waals surface area contributed by atoms with Crippen LogP contribution in [-0.2, 0) is 0 Å². The van der Waals surface area contributed by atoms with Crippen LogP contribution in [0.15, 0.2) is 72.0 Å². The van der Waals surface area contributed by atoms with Gasteiger partial charge in [-0.05, 0) is 54.6 Å². The Morgan fingerprint density at radius 2 is 1.85 bits per heavy atom. The Bertz CT molecular complexity index is 990. The van der Waals surface area contributed by atoms with Crippen molar-refractivity contribution in [3.05, 3.63) is 83.7 Å². The third kappa shape index (κ3) is 4.21. The van der Waals surface area contributed by atoms with Crippen molar-refractivity contribution in [2.75, 3.05) is 7.11 Å². The molecule has 0 bridgehead atoms. The van der Waals surface area contributed by atoms with E-state index in [1.165, 1.54) is 25.5 Å². The predicted octanol–water partition coefficient (Wildman–Crippen LogP) is 2.95. The molecule has 0 spiro atoms. The number of aromatic carboxylic acids is 1. The summed E-state index contributed by atoms with van der Waals surface area (Å²) in [4.78, 5) is 23.1. The molecule has 0 atom stereocenters. The van der Waals surface area contributed by atoms with Gasteiger partial charge in [0, 0.05) is 17.4 Å². The monoisotopic (exact) mass is 363 g/mol. The van der Waals surface area contributed by atoms with Crippen LogP contribution in [-0.4, -0.2) is 34.9 Å². The smallest absolute Gasteiger partial charge is 0.335 e. The van der Waals surface area contributed by atoms with Crippen LogP contribution < -0.4 is 10.2 Å². The number of ether oxygens (including phenoxy) is 1. The Morgan fingerprint density at radius 3 is 2.56 bits per heavy atom. The van der Waals surface area contributed by atoms with Crippen LogP contribution in [0.5, 0.6) is 5.75 Å². The van der Waals surface area contributed by atoms with Gasteiger partial charge in [-0.25, -0.2) is 10.2 Å². The van der Waals surface area contributed by atoms with Crippen LogP contribution >= 0.6 is 0 Å². The maximum absolute atomic E-state index is 12.2. The molecule has 7 heteroatoms. The van der Waals surface area contributed by atoms with Crippen LogP contribution in [0.2, 0.25) is 0 Å². The van der Waals surface area contributed by atoms with E-state index < -0.39 is 5.97 Å². The Hall–Kier alpha value is -3.87. The molecule has 0 unspecified atom stereocenters. The van der Waals surface area contributed by atoms with Gasteiger partial charge < -0.3 is 14.4 Å². The molecule has 1 amide bonds. The summed E-state index contributed by atoms with van der Waals surface area (Å²) >= 11 is 0. The quantitative estimate of drug-likeness (QED) is 0.520. The zero-order valence-corrected chi connectivity index (χ0v) is 14.5. The number of nitrogens with zero attached hydrogens (tertiary/aromatic N) is 2. The molecule has 0 fully saturated rings. The van der Waals surface area contributed by atoms with E-state index in [0.29, 0.717) is 11.3 Å². The lowest BCUT2D eigenvalue weighted by atomic mass is 10.2. The van der Waals surface area contributed by atoms with E-state index in [1.807, 2.05) is 22.9 Å². The molecular weight excluding hydrogens is 346 g/mol. The number of rotatable bonds is 6. The largest absolute Gasteiger partial charge is 0.497 e. The summed E-state index contributed by atoms with van der Waals surface area (Å²) in [5, 5.41) is 13.0. The van der Waals surface area contributed by atoms with E-state index in [9.17, 15) is 9.59 Å². The standard InChI is InChI=1S/C20H17N3O4/c1-27-18-6-2-4-15(12-18)19(24)22-21-13-17-5-3-11-23(17)16-9-7-14(8-10-16)20(25)26/h2-13H,1H3,(H,22,24)(H,25,26). The molecule has 0 aliphatic rings. The molecule has 0 saturated carbocycles. The van der Waals surface area contributed by atoms with Crippen molar-refractivity contribution < 1.29 is 19.4 Å². The Labute approximate surface area is 155 Å². The number of nitrogens with one attached hydrogen (secondary N) is 1. The summed E-state index contributed by atoms with van der Waals surface area (Å²) in [6, 6.07) is 16.9. The summed E-state index contributed by atoms with van der Waals surface area (Å²) in [7, 11) is 1.53. The summed E-state index contributed by atoms with van der Waals surface area (Å²) in [6.45, 7) is 0. The number of benzene rings is 2. The number of amides is 1. The van der Waals surface area contributed by atoms with Crippen LogP contribution in [0.4, 0.5) is 0 Å². The number of carboxylic acids is 1. The van der Waals surface area contributed by atoms with Gasteiger partial charge in [0.25, 0.3) is 5.91 Å². The second-order valence-electron chi connectivity index (χ2n) is 5.59. The maximum Gasteiger partial charge on any atom is 0.335 e. The lowest BCUT2D eigenvalue weighted by Gasteiger charge is -2.07. The van der Waals surface area contributed by atoms with Gasteiger partial charge in [0.1, 0.15) is 5.75 Å². The number of hydrazone groups is 1. The third-order valence-electron chi connectivity index (χ3n) is 3.87. The highest BCUT2D eigenvalue weighted by Gasteiger charge is 2.07. The van der Waals surface area contributed by atoms with Crippen LogP contribution in [0, 0.1) is 0 Å². The first-order valence-electron chi connectivity index (χ1n) is 8.07. The fourth-order valence-corrected chi connectivity index (χ4v) is 2.48. The van der Waals surface area contributed by atoms with E-state index in [-0.39, 0.29) is 11.5 Å². The van der Waals surface area contributed by atoms with Gasteiger partial charge in [0.05, 0.1) is 24.6 Å². The number of aromatic nitrogens is 1. The summed E-state index contributed by atoms with van der Waals surface area (Å²) in [5.41, 5.74) is 4.63. The minimum atomic E-state index is -0.976. The van der Waals surface area contributed by atoms with Crippen molar-refractivity contribution in [2.45, 2.75) is 0 Å². The molecule has 136 valence electrons. The molecule has 1 heterocycles. The zero-order valence-electron chi connectivity index (χ0n) is 14.5. The number of hydrogen-bond donors (Lipinski definition) is 2. The fourth-order valence-electron chi connectivity index (χ4n) is 2.48. The van der Waals surface area contributed by atoms with Crippen LogP contribution in [0.25, 0.3) is 5.69 Å². The van der Waals surface area contributed by atoms with E-state index >= 15 is 0 Å². The molecule has 0 aliphatic heterocycles. The van der Waals surface area contributed by atoms with E-state index in [1.54, 1.807) is 36.4 Å². The van der Waals surface area contributed by atoms with Crippen molar-refractivity contribution in [3.63, 3.8) is 0 Å². The number of carboxylic acid groups (broad SMARTS) is 1. The fraction of sp³-hybridized carbons (Fsp3) is 0.0500. The Kier molecular flexibility index (Phi) is 5.32. The lowest BCUT2D eigenvalue weighted by Crippen LogP contribution is -2.17. The topological polar surface area (TPSA) is 92.9 Å². The number of carbonyl (C=O) groups excluding carboxylic acids is 1. The molecule has 3 rings (SSSR count). The summed E-state index contributed by atoms with van der Waals surface area (Å²) in [6.07, 6.45) is 3.34. The van der Waals surface area contributed by atoms with Crippen molar-refractivity contribution >= 4 is 18.1 Å². The van der Waals surface area contributed by atoms with Gasteiger partial charge in [0.15, 0.2) is 0 Å². The highest BCUT2D eigenvalue weighted by atomic mass is 16.5. The highest BCUT2D eigenvalue weighted by molar-refractivity contribution is 5.95. The summed E-state index contributed by atoms with van der Waals surface area (Å²) in [5.74, 6) is -0.740. The first-order valence-corrected chi connectivity index (χ1v) is 8.07. The zero-order chi connectivity index (χ0) is 19.2. The average Bonchev–Trinajstić information content (AvgIpc) is 3.16. The van der Waals surface area contributed by atoms with Gasteiger partial charge in [-0.15, -0.1) is 0 Å². The number of methoxy groups -OCH3 is 1. The second kappa shape index (κ2) is 8.01. The van der Waals surface area contributed by atoms with E-state index in [2.05, 4.69) is 10.5 Å². The minimum Gasteiger partial charge on any atom is -0.497 e. The van der Waals surface area contributed by atoms with E-state index in [0.717, 1.165) is 11.4 Å². The van der Waals surface area contributed by atoms with Gasteiger partial charge in [-0.3, -0.25) is 4.79 Å². The first-order chi connectivity index (χ1) is 13.1. The van der Waals surface area contributed by atoms with Crippen LogP contribution in [0.3, 0.4) is 0 Å². The lowest BCUT2D eigenvalue weighted by molar-refractivity contribution is 0.0696. The minimum absolute atomic E-state index is 0.215. The number of hydrogen-bond acceptors (Lipinski definition) is 4. The average molecular weight is 363 g/mol. The summed E-state index contributed by atoms with van der Waals surface area (Å²) < 4.78 is 6.92. The van der Waals surface area contributed by atoms with Gasteiger partial charge in [0.2, 0.25) is 0 Å². The maximum atomic E-state index is 12.2.